The van der Waals surface area contributed by atoms with Crippen molar-refractivity contribution in [1.29, 1.82) is 0 Å². The summed E-state index contributed by atoms with van der Waals surface area (Å²) in [6, 6.07) is 8.95. The Morgan fingerprint density at radius 2 is 1.33 bits per heavy atom. The molecule has 0 saturated heterocycles. The summed E-state index contributed by atoms with van der Waals surface area (Å²) < 4.78 is 2.45. The fraction of sp³-hybridized carbons (Fsp3) is 0.500. The fourth-order valence-corrected chi connectivity index (χ4v) is 4.55. The molecule has 0 unspecified atom stereocenters. The molecule has 0 N–H and O–H groups in total. The van der Waals surface area contributed by atoms with E-state index < -0.39 is 20.7 Å². The van der Waals surface area contributed by atoms with Gasteiger partial charge in [0.25, 0.3) is 0 Å². The van der Waals surface area contributed by atoms with Crippen LogP contribution in [-0.2, 0) is 10.8 Å². The summed E-state index contributed by atoms with van der Waals surface area (Å²) in [7, 11) is 0. The normalized spacial score (nSPS) is 12.7. The molecule has 0 spiro atoms. The van der Waals surface area contributed by atoms with E-state index in [4.69, 9.17) is 0 Å². The summed E-state index contributed by atoms with van der Waals surface area (Å²) in [5.74, 6) is 0. The molecule has 2 aromatic rings. The molecule has 0 radical (unpaired) electrons. The molecule has 0 aliphatic heterocycles. The molecule has 114 valence electrons. The van der Waals surface area contributed by atoms with Crippen LogP contribution >= 0.6 is 0 Å². The van der Waals surface area contributed by atoms with Gasteiger partial charge in [-0.25, -0.2) is 0 Å². The molecule has 21 heavy (non-hydrogen) atoms. The van der Waals surface area contributed by atoms with E-state index in [1.165, 1.54) is 23.2 Å². The summed E-state index contributed by atoms with van der Waals surface area (Å²) in [4.78, 5) is 0. The van der Waals surface area contributed by atoms with Gasteiger partial charge in [-0.2, -0.15) is 0 Å². The average Bonchev–Trinajstić information content (AvgIpc) is 2.67. The van der Waals surface area contributed by atoms with Crippen LogP contribution in [0.1, 0.15) is 58.4 Å². The van der Waals surface area contributed by atoms with Gasteiger partial charge in [0.05, 0.1) is 0 Å². The Hall–Kier alpha value is -0.780. The molecule has 0 aliphatic rings. The van der Waals surface area contributed by atoms with Gasteiger partial charge in [-0.3, -0.25) is 0 Å². The first-order valence-electron chi connectivity index (χ1n) is 7.35. The van der Waals surface area contributed by atoms with Crippen LogP contribution in [0.25, 0.3) is 9.14 Å². The van der Waals surface area contributed by atoms with E-state index in [0.717, 1.165) is 5.69 Å². The second-order valence-electron chi connectivity index (χ2n) is 7.80. The van der Waals surface area contributed by atoms with E-state index in [1.54, 1.807) is 0 Å². The number of hydrogen-bond donors (Lipinski definition) is 0. The first-order chi connectivity index (χ1) is 9.48. The van der Waals surface area contributed by atoms with Crippen molar-refractivity contribution in [1.82, 2.24) is 0 Å². The van der Waals surface area contributed by atoms with Gasteiger partial charge >= 0.3 is 138 Å². The van der Waals surface area contributed by atoms with E-state index in [-0.39, 0.29) is 10.8 Å². The topological polar surface area (TPSA) is 26.9 Å². The molecule has 1 aromatic heterocycles. The van der Waals surface area contributed by atoms with Crippen molar-refractivity contribution in [2.24, 2.45) is 0 Å². The first kappa shape index (κ1) is 16.6. The molecule has 0 saturated carbocycles. The molecule has 1 heterocycles. The van der Waals surface area contributed by atoms with Crippen molar-refractivity contribution < 1.29 is 2.95 Å². The van der Waals surface area contributed by atoms with Crippen LogP contribution in [0.3, 0.4) is 0 Å². The van der Waals surface area contributed by atoms with Gasteiger partial charge < -0.3 is 0 Å². The standard InChI is InChI=1S/C18H25NOTe/c1-12-8-16(21-19(12)20)13-9-14(17(2,3)4)11-15(10-13)18(5,6)7/h8-11H,1-7H3. The van der Waals surface area contributed by atoms with Crippen molar-refractivity contribution in [3.8, 4) is 9.14 Å². The van der Waals surface area contributed by atoms with Gasteiger partial charge in [0, 0.05) is 0 Å². The molecule has 2 rings (SSSR count). The summed E-state index contributed by atoms with van der Waals surface area (Å²) in [5, 5.41) is 11.8. The minimum atomic E-state index is -0.796. The van der Waals surface area contributed by atoms with E-state index in [0.29, 0.717) is 0 Å². The fourth-order valence-electron chi connectivity index (χ4n) is 2.20. The van der Waals surface area contributed by atoms with Crippen molar-refractivity contribution in [3.05, 3.63) is 46.3 Å². The van der Waals surface area contributed by atoms with Crippen LogP contribution in [-0.4, -0.2) is 20.7 Å². The van der Waals surface area contributed by atoms with Crippen LogP contribution in [0.2, 0.25) is 0 Å². The molecular formula is C18H25NOTe. The summed E-state index contributed by atoms with van der Waals surface area (Å²) in [6.45, 7) is 15.4. The second kappa shape index (κ2) is 5.45. The van der Waals surface area contributed by atoms with Crippen molar-refractivity contribution in [2.45, 2.75) is 59.3 Å². The van der Waals surface area contributed by atoms with Gasteiger partial charge in [0.1, 0.15) is 0 Å². The molecular weight excluding hydrogens is 374 g/mol. The number of rotatable bonds is 1. The number of aryl methyl sites for hydroxylation is 1. The zero-order valence-electron chi connectivity index (χ0n) is 14.1. The van der Waals surface area contributed by atoms with Crippen molar-refractivity contribution in [3.63, 3.8) is 0 Å². The molecule has 0 amide bonds. The molecule has 3 heteroatoms. The van der Waals surface area contributed by atoms with E-state index in [2.05, 4.69) is 65.8 Å². The summed E-state index contributed by atoms with van der Waals surface area (Å²) >= 11 is -0.796. The predicted octanol–water partition coefficient (Wildman–Crippen LogP) is 3.95. The van der Waals surface area contributed by atoms with Crippen molar-refractivity contribution in [2.75, 3.05) is 0 Å². The third-order valence-corrected chi connectivity index (χ3v) is 6.62. The Morgan fingerprint density at radius 1 is 0.857 bits per heavy atom. The molecule has 0 aliphatic carbocycles. The SMILES string of the molecule is Cc1cc(-c2cc(C(C)(C)C)cc(C(C)(C)C)c2)[te][n+]1[O-]. The Labute approximate surface area is 138 Å². The number of hydrogen-bond acceptors (Lipinski definition) is 1. The number of nitrogens with zero attached hydrogens (tertiary/aromatic N) is 1. The third-order valence-electron chi connectivity index (χ3n) is 3.76. The molecule has 0 bridgehead atoms. The van der Waals surface area contributed by atoms with E-state index >= 15 is 0 Å². The second-order valence-corrected chi connectivity index (χ2v) is 10.5. The molecule has 2 nitrogen and oxygen atoms in total. The van der Waals surface area contributed by atoms with E-state index in [1.807, 2.05) is 6.92 Å². The number of benzene rings is 1. The Morgan fingerprint density at radius 3 is 1.67 bits per heavy atom. The van der Waals surface area contributed by atoms with Crippen LogP contribution < -0.4 is 2.95 Å². The first-order valence-corrected chi connectivity index (χ1v) is 9.56. The van der Waals surface area contributed by atoms with Crippen LogP contribution in [0.15, 0.2) is 24.3 Å². The van der Waals surface area contributed by atoms with Gasteiger partial charge in [0.15, 0.2) is 0 Å². The minimum absolute atomic E-state index is 0.117. The van der Waals surface area contributed by atoms with Gasteiger partial charge in [0.2, 0.25) is 0 Å². The van der Waals surface area contributed by atoms with E-state index in [9.17, 15) is 5.21 Å². The monoisotopic (exact) mass is 401 g/mol. The summed E-state index contributed by atoms with van der Waals surface area (Å²) in [6.07, 6.45) is 0. The number of aromatic nitrogens is 1. The van der Waals surface area contributed by atoms with Gasteiger partial charge in [-0.05, 0) is 0 Å². The van der Waals surface area contributed by atoms with Crippen LogP contribution in [0, 0.1) is 12.1 Å². The average molecular weight is 399 g/mol. The van der Waals surface area contributed by atoms with Crippen molar-refractivity contribution >= 4 is 20.7 Å². The zero-order chi connectivity index (χ0) is 16.0. The molecule has 0 fully saturated rings. The quantitative estimate of drug-likeness (QED) is 0.527. The van der Waals surface area contributed by atoms with Crippen LogP contribution in [0.4, 0.5) is 0 Å². The maximum absolute atomic E-state index is 11.8. The Balaban J connectivity index is 2.65. The maximum atomic E-state index is 11.8. The van der Waals surface area contributed by atoms with Gasteiger partial charge in [-0.15, -0.1) is 0 Å². The predicted molar refractivity (Wildman–Crippen MR) is 89.9 cm³/mol. The zero-order valence-corrected chi connectivity index (χ0v) is 16.4. The van der Waals surface area contributed by atoms with Gasteiger partial charge in [-0.1, -0.05) is 0 Å². The third kappa shape index (κ3) is 3.70. The Bertz CT molecular complexity index is 605. The molecule has 1 aromatic carbocycles. The van der Waals surface area contributed by atoms with Crippen LogP contribution in [0.5, 0.6) is 0 Å². The molecule has 0 atom stereocenters. The Kier molecular flexibility index (Phi) is 4.30. The summed E-state index contributed by atoms with van der Waals surface area (Å²) in [5.41, 5.74) is 5.02.